The highest BCUT2D eigenvalue weighted by atomic mass is 16.6. The lowest BCUT2D eigenvalue weighted by atomic mass is 10.1. The summed E-state index contributed by atoms with van der Waals surface area (Å²) >= 11 is 0. The molecule has 116 valence electrons. The highest BCUT2D eigenvalue weighted by molar-refractivity contribution is 5.68. The van der Waals surface area contributed by atoms with E-state index in [0.717, 1.165) is 38.8 Å². The number of hydrogen-bond acceptors (Lipinski definition) is 3. The van der Waals surface area contributed by atoms with Gasteiger partial charge in [0, 0.05) is 18.6 Å². The standard InChI is InChI=1S/C16H30N2O2/c1-6-7-10-17-13(2)12-14-9-8-11-18(14)15(19)20-16(3,4)5/h6,13-14,17H,1,7-12H2,2-5H3. The van der Waals surface area contributed by atoms with Crippen molar-refractivity contribution in [2.24, 2.45) is 0 Å². The molecule has 1 heterocycles. The molecule has 1 rings (SSSR count). The number of carbonyl (C=O) groups is 1. The average Bonchev–Trinajstić information content (AvgIpc) is 2.75. The summed E-state index contributed by atoms with van der Waals surface area (Å²) in [5, 5.41) is 3.47. The van der Waals surface area contributed by atoms with Crippen LogP contribution in [0, 0.1) is 0 Å². The van der Waals surface area contributed by atoms with E-state index in [0.29, 0.717) is 12.1 Å². The van der Waals surface area contributed by atoms with Gasteiger partial charge in [0.15, 0.2) is 0 Å². The van der Waals surface area contributed by atoms with Crippen molar-refractivity contribution >= 4 is 6.09 Å². The Balaban J connectivity index is 2.44. The zero-order valence-corrected chi connectivity index (χ0v) is 13.4. The summed E-state index contributed by atoms with van der Waals surface area (Å²) in [6.07, 6.45) is 5.86. The summed E-state index contributed by atoms with van der Waals surface area (Å²) in [6.45, 7) is 13.4. The summed E-state index contributed by atoms with van der Waals surface area (Å²) in [7, 11) is 0. The Morgan fingerprint density at radius 1 is 1.55 bits per heavy atom. The zero-order valence-electron chi connectivity index (χ0n) is 13.4. The van der Waals surface area contributed by atoms with Crippen LogP contribution in [0.2, 0.25) is 0 Å². The lowest BCUT2D eigenvalue weighted by Crippen LogP contribution is -2.42. The third-order valence-electron chi connectivity index (χ3n) is 3.47. The molecule has 1 fully saturated rings. The molecule has 20 heavy (non-hydrogen) atoms. The van der Waals surface area contributed by atoms with E-state index >= 15 is 0 Å². The summed E-state index contributed by atoms with van der Waals surface area (Å²) in [5.74, 6) is 0. The molecule has 0 radical (unpaired) electrons. The van der Waals surface area contributed by atoms with E-state index in [4.69, 9.17) is 4.74 Å². The second-order valence-electron chi connectivity index (χ2n) is 6.64. The maximum atomic E-state index is 12.2. The fraction of sp³-hybridized carbons (Fsp3) is 0.812. The fourth-order valence-corrected chi connectivity index (χ4v) is 2.56. The first-order chi connectivity index (χ1) is 9.33. The second kappa shape index (κ2) is 7.67. The molecule has 0 aromatic rings. The van der Waals surface area contributed by atoms with Gasteiger partial charge in [0.05, 0.1) is 0 Å². The molecule has 4 heteroatoms. The van der Waals surface area contributed by atoms with Crippen molar-refractivity contribution in [1.82, 2.24) is 10.2 Å². The monoisotopic (exact) mass is 282 g/mol. The maximum absolute atomic E-state index is 12.2. The van der Waals surface area contributed by atoms with E-state index in [-0.39, 0.29) is 6.09 Å². The van der Waals surface area contributed by atoms with Gasteiger partial charge in [-0.15, -0.1) is 6.58 Å². The lowest BCUT2D eigenvalue weighted by Gasteiger charge is -2.30. The second-order valence-corrected chi connectivity index (χ2v) is 6.64. The van der Waals surface area contributed by atoms with Gasteiger partial charge in [-0.25, -0.2) is 4.79 Å². The quantitative estimate of drug-likeness (QED) is 0.600. The first-order valence-electron chi connectivity index (χ1n) is 7.67. The van der Waals surface area contributed by atoms with Crippen molar-refractivity contribution in [3.8, 4) is 0 Å². The van der Waals surface area contributed by atoms with Gasteiger partial charge in [-0.1, -0.05) is 6.08 Å². The van der Waals surface area contributed by atoms with Crippen LogP contribution in [0.4, 0.5) is 4.79 Å². The molecule has 0 aliphatic carbocycles. The van der Waals surface area contributed by atoms with Crippen LogP contribution in [0.1, 0.15) is 53.4 Å². The molecule has 2 unspecified atom stereocenters. The smallest absolute Gasteiger partial charge is 0.410 e. The average molecular weight is 282 g/mol. The van der Waals surface area contributed by atoms with Crippen molar-refractivity contribution in [3.63, 3.8) is 0 Å². The highest BCUT2D eigenvalue weighted by Gasteiger charge is 2.32. The summed E-state index contributed by atoms with van der Waals surface area (Å²) < 4.78 is 5.49. The first-order valence-corrected chi connectivity index (χ1v) is 7.67. The number of carbonyl (C=O) groups excluding carboxylic acids is 1. The minimum Gasteiger partial charge on any atom is -0.444 e. The molecule has 1 saturated heterocycles. The third kappa shape index (κ3) is 5.95. The van der Waals surface area contributed by atoms with Crippen LogP contribution in [0.3, 0.4) is 0 Å². The van der Waals surface area contributed by atoms with E-state index in [2.05, 4.69) is 18.8 Å². The number of rotatable bonds is 6. The molecular weight excluding hydrogens is 252 g/mol. The van der Waals surface area contributed by atoms with Crippen LogP contribution in [-0.4, -0.2) is 41.8 Å². The summed E-state index contributed by atoms with van der Waals surface area (Å²) in [5.41, 5.74) is -0.419. The molecule has 1 aliphatic rings. The number of amides is 1. The molecular formula is C16H30N2O2. The number of ether oxygens (including phenoxy) is 1. The molecule has 1 aliphatic heterocycles. The maximum Gasteiger partial charge on any atom is 0.410 e. The van der Waals surface area contributed by atoms with Gasteiger partial charge in [0.2, 0.25) is 0 Å². The Labute approximate surface area is 123 Å². The molecule has 0 aromatic carbocycles. The van der Waals surface area contributed by atoms with E-state index in [9.17, 15) is 4.79 Å². The molecule has 4 nitrogen and oxygen atoms in total. The van der Waals surface area contributed by atoms with Crippen molar-refractivity contribution in [1.29, 1.82) is 0 Å². The number of likely N-dealkylation sites (tertiary alicyclic amines) is 1. The molecule has 1 N–H and O–H groups in total. The fourth-order valence-electron chi connectivity index (χ4n) is 2.56. The molecule has 0 aromatic heterocycles. The molecule has 1 amide bonds. The lowest BCUT2D eigenvalue weighted by molar-refractivity contribution is 0.0215. The van der Waals surface area contributed by atoms with Crippen molar-refractivity contribution < 1.29 is 9.53 Å². The molecule has 0 spiro atoms. The van der Waals surface area contributed by atoms with Gasteiger partial charge >= 0.3 is 6.09 Å². The van der Waals surface area contributed by atoms with Gasteiger partial charge in [0.25, 0.3) is 0 Å². The van der Waals surface area contributed by atoms with Crippen LogP contribution in [0.5, 0.6) is 0 Å². The number of nitrogens with zero attached hydrogens (tertiary/aromatic N) is 1. The SMILES string of the molecule is C=CCCNC(C)CC1CCCN1C(=O)OC(C)(C)C. The van der Waals surface area contributed by atoms with Crippen molar-refractivity contribution in [2.45, 2.75) is 71.1 Å². The Bertz CT molecular complexity index is 323. The van der Waals surface area contributed by atoms with E-state index in [1.807, 2.05) is 31.7 Å². The number of nitrogens with one attached hydrogen (secondary N) is 1. The van der Waals surface area contributed by atoms with Crippen molar-refractivity contribution in [3.05, 3.63) is 12.7 Å². The predicted octanol–water partition coefficient (Wildman–Crippen LogP) is 3.33. The van der Waals surface area contributed by atoms with Gasteiger partial charge in [0.1, 0.15) is 5.60 Å². The van der Waals surface area contributed by atoms with Crippen LogP contribution in [0.25, 0.3) is 0 Å². The van der Waals surface area contributed by atoms with E-state index < -0.39 is 5.60 Å². The van der Waals surface area contributed by atoms with Crippen LogP contribution in [-0.2, 0) is 4.74 Å². The van der Waals surface area contributed by atoms with Crippen molar-refractivity contribution in [2.75, 3.05) is 13.1 Å². The third-order valence-corrected chi connectivity index (χ3v) is 3.47. The summed E-state index contributed by atoms with van der Waals surface area (Å²) in [4.78, 5) is 14.1. The Kier molecular flexibility index (Phi) is 6.53. The van der Waals surface area contributed by atoms with Gasteiger partial charge in [-0.3, -0.25) is 0 Å². The predicted molar refractivity (Wildman–Crippen MR) is 82.9 cm³/mol. The molecule has 0 bridgehead atoms. The Morgan fingerprint density at radius 3 is 2.85 bits per heavy atom. The van der Waals surface area contributed by atoms with Gasteiger partial charge < -0.3 is 15.0 Å². The minimum absolute atomic E-state index is 0.168. The Morgan fingerprint density at radius 2 is 2.25 bits per heavy atom. The van der Waals surface area contributed by atoms with E-state index in [1.165, 1.54) is 0 Å². The largest absolute Gasteiger partial charge is 0.444 e. The van der Waals surface area contributed by atoms with Crippen LogP contribution < -0.4 is 5.32 Å². The highest BCUT2D eigenvalue weighted by Crippen LogP contribution is 2.23. The first kappa shape index (κ1) is 17.0. The minimum atomic E-state index is -0.419. The Hall–Kier alpha value is -1.03. The van der Waals surface area contributed by atoms with Gasteiger partial charge in [-0.05, 0) is 59.9 Å². The molecule has 0 saturated carbocycles. The van der Waals surface area contributed by atoms with Crippen LogP contribution >= 0.6 is 0 Å². The van der Waals surface area contributed by atoms with Gasteiger partial charge in [-0.2, -0.15) is 0 Å². The topological polar surface area (TPSA) is 41.6 Å². The number of hydrogen-bond donors (Lipinski definition) is 1. The normalized spacial score (nSPS) is 20.8. The summed E-state index contributed by atoms with van der Waals surface area (Å²) in [6, 6.07) is 0.707. The van der Waals surface area contributed by atoms with E-state index in [1.54, 1.807) is 0 Å². The van der Waals surface area contributed by atoms with Crippen LogP contribution in [0.15, 0.2) is 12.7 Å². The zero-order chi connectivity index (χ0) is 15.2. The molecule has 2 atom stereocenters.